The van der Waals surface area contributed by atoms with Crippen molar-refractivity contribution in [2.75, 3.05) is 10.7 Å². The molecule has 0 aromatic carbocycles. The van der Waals surface area contributed by atoms with Gasteiger partial charge in [0.2, 0.25) is 0 Å². The van der Waals surface area contributed by atoms with Crippen molar-refractivity contribution in [1.82, 2.24) is 5.06 Å². The molecule has 2 unspecified atom stereocenters. The van der Waals surface area contributed by atoms with Crippen molar-refractivity contribution in [3.05, 3.63) is 21.5 Å². The third-order valence-electron chi connectivity index (χ3n) is 4.16. The summed E-state index contributed by atoms with van der Waals surface area (Å²) >= 11 is 6.47. The summed E-state index contributed by atoms with van der Waals surface area (Å²) in [6.45, 7) is 1.68. The molecule has 102 valence electrons. The lowest BCUT2D eigenvalue weighted by Crippen LogP contribution is -2.69. The predicted molar refractivity (Wildman–Crippen MR) is 75.3 cm³/mol. The van der Waals surface area contributed by atoms with Crippen molar-refractivity contribution in [2.45, 2.75) is 43.9 Å². The van der Waals surface area contributed by atoms with E-state index in [1.807, 2.05) is 0 Å². The zero-order valence-electron chi connectivity index (χ0n) is 10.2. The number of halogens is 2. The monoisotopic (exact) mass is 382 g/mol. The minimum Gasteiger partial charge on any atom is -0.758 e. The van der Waals surface area contributed by atoms with Crippen molar-refractivity contribution in [2.24, 2.45) is 0 Å². The van der Waals surface area contributed by atoms with E-state index in [1.54, 1.807) is 6.92 Å². The van der Waals surface area contributed by atoms with Gasteiger partial charge in [-0.3, -0.25) is 0 Å². The molecule has 1 fully saturated rings. The van der Waals surface area contributed by atoms with Crippen molar-refractivity contribution >= 4 is 31.9 Å². The maximum absolute atomic E-state index is 12.5. The van der Waals surface area contributed by atoms with Gasteiger partial charge in [-0.1, -0.05) is 38.3 Å². The normalized spacial score (nSPS) is 36.9. The van der Waals surface area contributed by atoms with Gasteiger partial charge in [-0.15, -0.1) is 0 Å². The summed E-state index contributed by atoms with van der Waals surface area (Å²) in [4.78, 5) is 12.4. The molecule has 1 saturated carbocycles. The fraction of sp³-hybridized carbons (Fsp3) is 0.818. The Hall–Kier alpha value is 0.0200. The zero-order valence-corrected chi connectivity index (χ0v) is 13.3. The average Bonchev–Trinajstić information content (AvgIpc) is 2.36. The van der Waals surface area contributed by atoms with E-state index in [2.05, 4.69) is 31.9 Å². The zero-order chi connectivity index (χ0) is 13.6. The Labute approximate surface area is 123 Å². The summed E-state index contributed by atoms with van der Waals surface area (Å²) in [5.41, 5.74) is -1.98. The van der Waals surface area contributed by atoms with E-state index in [9.17, 15) is 15.2 Å². The second kappa shape index (κ2) is 4.85. The number of alkyl halides is 2. The standard InChI is InChI=1S/C11H16Br2N2O3/c1-10-4-2-3-5-11(10,16)15(18)9(7-13)8(6-12)14(10)17/h16H,2-7H2,1H3. The fourth-order valence-electron chi connectivity index (χ4n) is 2.91. The third kappa shape index (κ3) is 1.71. The first-order chi connectivity index (χ1) is 8.42. The Morgan fingerprint density at radius 3 is 2.56 bits per heavy atom. The molecular weight excluding hydrogens is 368 g/mol. The third-order valence-corrected chi connectivity index (χ3v) is 5.22. The molecule has 0 bridgehead atoms. The van der Waals surface area contributed by atoms with Crippen molar-refractivity contribution in [3.63, 3.8) is 0 Å². The number of hydrogen-bond donors (Lipinski definition) is 1. The molecule has 0 amide bonds. The number of nitroso groups, excluding NO2 is 1. The van der Waals surface area contributed by atoms with E-state index < -0.39 is 11.3 Å². The van der Waals surface area contributed by atoms with E-state index >= 15 is 0 Å². The van der Waals surface area contributed by atoms with Crippen LogP contribution in [0, 0.1) is 10.1 Å². The van der Waals surface area contributed by atoms with Gasteiger partial charge in [-0.25, -0.2) is 0 Å². The molecular formula is C11H16Br2N2O3. The first-order valence-corrected chi connectivity index (χ1v) is 8.17. The second-order valence-electron chi connectivity index (χ2n) is 5.05. The maximum Gasteiger partial charge on any atom is 0.340 e. The molecule has 0 aromatic rings. The first-order valence-electron chi connectivity index (χ1n) is 5.93. The second-order valence-corrected chi connectivity index (χ2v) is 6.17. The lowest BCUT2D eigenvalue weighted by molar-refractivity contribution is -0.666. The van der Waals surface area contributed by atoms with Gasteiger partial charge < -0.3 is 15.4 Å². The highest BCUT2D eigenvalue weighted by Crippen LogP contribution is 2.48. The van der Waals surface area contributed by atoms with Gasteiger partial charge in [-0.2, -0.15) is 0 Å². The van der Waals surface area contributed by atoms with Gasteiger partial charge in [0, 0.05) is 16.7 Å². The number of rotatable bonds is 2. The van der Waals surface area contributed by atoms with Crippen LogP contribution in [0.15, 0.2) is 11.4 Å². The van der Waals surface area contributed by atoms with E-state index in [0.717, 1.165) is 17.9 Å². The highest BCUT2D eigenvalue weighted by Gasteiger charge is 2.65. The number of nitrogens with zero attached hydrogens (tertiary/aromatic N) is 2. The molecule has 0 radical (unpaired) electrons. The van der Waals surface area contributed by atoms with Crippen LogP contribution < -0.4 is 0 Å². The summed E-state index contributed by atoms with van der Waals surface area (Å²) in [5, 5.41) is 24.6. The Kier molecular flexibility index (Phi) is 3.89. The lowest BCUT2D eigenvalue weighted by Gasteiger charge is -2.56. The molecule has 0 saturated heterocycles. The van der Waals surface area contributed by atoms with Crippen LogP contribution in [0.25, 0.3) is 0 Å². The van der Waals surface area contributed by atoms with Gasteiger partial charge in [0.1, 0.15) is 5.54 Å². The summed E-state index contributed by atoms with van der Waals surface area (Å²) in [5.74, 6) is 0. The number of hydrogen-bond acceptors (Lipinski definition) is 4. The molecule has 1 N–H and O–H groups in total. The Bertz CT molecular complexity index is 415. The highest BCUT2D eigenvalue weighted by molar-refractivity contribution is 9.09. The fourth-order valence-corrected chi connectivity index (χ4v) is 4.02. The topological polar surface area (TPSA) is 66.6 Å². The molecule has 2 aliphatic rings. The molecule has 1 heterocycles. The van der Waals surface area contributed by atoms with Crippen LogP contribution in [0.3, 0.4) is 0 Å². The predicted octanol–water partition coefficient (Wildman–Crippen LogP) is 2.60. The average molecular weight is 384 g/mol. The van der Waals surface area contributed by atoms with E-state index in [4.69, 9.17) is 0 Å². The molecule has 0 spiro atoms. The van der Waals surface area contributed by atoms with Crippen LogP contribution in [-0.4, -0.2) is 36.9 Å². The number of aliphatic hydroxyl groups is 1. The van der Waals surface area contributed by atoms with Crippen LogP contribution in [0.2, 0.25) is 0 Å². The summed E-state index contributed by atoms with van der Waals surface area (Å²) < 4.78 is 0.645. The minimum atomic E-state index is -1.62. The summed E-state index contributed by atoms with van der Waals surface area (Å²) in [6.07, 6.45) is 2.47. The molecule has 0 aromatic heterocycles. The van der Waals surface area contributed by atoms with Crippen LogP contribution >= 0.6 is 31.9 Å². The van der Waals surface area contributed by atoms with E-state index in [0.29, 0.717) is 34.3 Å². The van der Waals surface area contributed by atoms with Crippen molar-refractivity contribution < 1.29 is 9.87 Å². The van der Waals surface area contributed by atoms with Crippen molar-refractivity contribution in [3.8, 4) is 0 Å². The summed E-state index contributed by atoms with van der Waals surface area (Å²) in [6, 6.07) is 0. The van der Waals surface area contributed by atoms with Crippen LogP contribution in [0.4, 0.5) is 0 Å². The molecule has 1 aliphatic heterocycles. The van der Waals surface area contributed by atoms with Gasteiger partial charge in [0.15, 0.2) is 0 Å². The minimum absolute atomic E-state index is 0.258. The van der Waals surface area contributed by atoms with Gasteiger partial charge in [0.05, 0.1) is 15.8 Å². The number of allylic oxidation sites excluding steroid dienone is 2. The first kappa shape index (κ1) is 14.4. The number of fused-ring (bicyclic) bond motifs is 1. The highest BCUT2D eigenvalue weighted by atomic mass is 79.9. The van der Waals surface area contributed by atoms with Crippen LogP contribution in [0.5, 0.6) is 0 Å². The molecule has 2 rings (SSSR count). The molecule has 18 heavy (non-hydrogen) atoms. The lowest BCUT2D eigenvalue weighted by atomic mass is 9.73. The Balaban J connectivity index is 2.60. The molecule has 1 aliphatic carbocycles. The Morgan fingerprint density at radius 1 is 1.39 bits per heavy atom. The largest absolute Gasteiger partial charge is 0.758 e. The van der Waals surface area contributed by atoms with Crippen molar-refractivity contribution in [1.29, 1.82) is 0 Å². The van der Waals surface area contributed by atoms with Crippen LogP contribution in [0.1, 0.15) is 32.6 Å². The SMILES string of the molecule is CC12CCCCC1(O)[N+](=O)C(CBr)=C(CBr)N2[O-]. The smallest absolute Gasteiger partial charge is 0.340 e. The maximum atomic E-state index is 12.5. The quantitative estimate of drug-likeness (QED) is 0.587. The van der Waals surface area contributed by atoms with E-state index in [-0.39, 0.29) is 5.33 Å². The van der Waals surface area contributed by atoms with Gasteiger partial charge >= 0.3 is 5.72 Å². The van der Waals surface area contributed by atoms with Gasteiger partial charge in [-0.05, 0) is 19.8 Å². The van der Waals surface area contributed by atoms with Gasteiger partial charge in [0.25, 0.3) is 5.70 Å². The summed E-state index contributed by atoms with van der Waals surface area (Å²) in [7, 11) is 0. The molecule has 2 atom stereocenters. The molecule has 5 nitrogen and oxygen atoms in total. The van der Waals surface area contributed by atoms with Crippen LogP contribution in [-0.2, 0) is 0 Å². The Morgan fingerprint density at radius 2 is 2.00 bits per heavy atom. The van der Waals surface area contributed by atoms with E-state index in [1.165, 1.54) is 0 Å². The number of hydroxylamine groups is 2. The molecule has 7 heteroatoms.